The largest absolute Gasteiger partial charge is 0.489 e. The van der Waals surface area contributed by atoms with E-state index < -0.39 is 5.97 Å². The summed E-state index contributed by atoms with van der Waals surface area (Å²) in [6, 6.07) is 22.7. The number of nitrogens with zero attached hydrogens (tertiary/aromatic N) is 1. The predicted octanol–water partition coefficient (Wildman–Crippen LogP) is 5.57. The Balaban J connectivity index is 1.46. The first-order valence-corrected chi connectivity index (χ1v) is 9.51. The molecule has 0 aliphatic carbocycles. The zero-order valence-corrected chi connectivity index (χ0v) is 16.5. The van der Waals surface area contributed by atoms with Gasteiger partial charge in [0.25, 0.3) is 0 Å². The molecule has 29 heavy (non-hydrogen) atoms. The lowest BCUT2D eigenvalue weighted by molar-refractivity contribution is -0.129. The van der Waals surface area contributed by atoms with Crippen molar-refractivity contribution in [2.75, 3.05) is 0 Å². The minimum Gasteiger partial charge on any atom is -0.489 e. The van der Waals surface area contributed by atoms with Gasteiger partial charge < -0.3 is 9.47 Å². The van der Waals surface area contributed by atoms with Gasteiger partial charge in [0.1, 0.15) is 12.4 Å². The van der Waals surface area contributed by atoms with Crippen LogP contribution in [0.2, 0.25) is 5.02 Å². The number of ether oxygens (including phenoxy) is 2. The van der Waals surface area contributed by atoms with E-state index in [1.54, 1.807) is 30.3 Å². The van der Waals surface area contributed by atoms with Crippen LogP contribution in [0.5, 0.6) is 5.75 Å². The lowest BCUT2D eigenvalue weighted by Gasteiger charge is -2.07. The molecule has 5 heteroatoms. The highest BCUT2D eigenvalue weighted by atomic mass is 35.5. The molecule has 0 saturated carbocycles. The van der Waals surface area contributed by atoms with Crippen LogP contribution < -0.4 is 4.74 Å². The molecule has 0 aromatic heterocycles. The van der Waals surface area contributed by atoms with Gasteiger partial charge in [-0.05, 0) is 54.5 Å². The third-order valence-corrected chi connectivity index (χ3v) is 4.60. The second kappa shape index (κ2) is 8.33. The van der Waals surface area contributed by atoms with Crippen LogP contribution in [0.1, 0.15) is 22.3 Å². The van der Waals surface area contributed by atoms with E-state index in [1.807, 2.05) is 36.4 Å². The van der Waals surface area contributed by atoms with Crippen molar-refractivity contribution < 1.29 is 14.3 Å². The van der Waals surface area contributed by atoms with Gasteiger partial charge in [0.2, 0.25) is 5.90 Å². The minimum absolute atomic E-state index is 0.244. The van der Waals surface area contributed by atoms with Crippen molar-refractivity contribution in [2.24, 2.45) is 4.99 Å². The molecule has 0 fully saturated rings. The van der Waals surface area contributed by atoms with E-state index in [1.165, 1.54) is 5.56 Å². The average molecular weight is 404 g/mol. The summed E-state index contributed by atoms with van der Waals surface area (Å²) in [5, 5.41) is 0.555. The van der Waals surface area contributed by atoms with Gasteiger partial charge in [0, 0.05) is 10.6 Å². The molecule has 4 nitrogen and oxygen atoms in total. The molecule has 0 spiro atoms. The molecule has 1 heterocycles. The number of benzene rings is 3. The van der Waals surface area contributed by atoms with E-state index in [0.717, 1.165) is 16.9 Å². The summed E-state index contributed by atoms with van der Waals surface area (Å²) in [7, 11) is 0. The maximum absolute atomic E-state index is 12.1. The third-order valence-electron chi connectivity index (χ3n) is 4.36. The van der Waals surface area contributed by atoms with Gasteiger partial charge in [-0.2, -0.15) is 0 Å². The first-order valence-electron chi connectivity index (χ1n) is 9.14. The van der Waals surface area contributed by atoms with Crippen molar-refractivity contribution in [3.63, 3.8) is 0 Å². The van der Waals surface area contributed by atoms with Gasteiger partial charge in [-0.25, -0.2) is 9.79 Å². The molecule has 1 aliphatic heterocycles. The van der Waals surface area contributed by atoms with Gasteiger partial charge >= 0.3 is 5.97 Å². The maximum atomic E-state index is 12.1. The fraction of sp³-hybridized carbons (Fsp3) is 0.0833. The standard InChI is InChI=1S/C24H18ClNO3/c1-16-4-2-5-18(12-16)15-28-21-10-8-17(9-11-21)13-22-24(27)29-23(26-22)19-6-3-7-20(25)14-19/h2-14H,15H2,1H3. The summed E-state index contributed by atoms with van der Waals surface area (Å²) >= 11 is 5.99. The molecular weight excluding hydrogens is 386 g/mol. The van der Waals surface area contributed by atoms with E-state index in [-0.39, 0.29) is 11.6 Å². The molecule has 3 aromatic carbocycles. The number of aliphatic imine (C=N–C) groups is 1. The van der Waals surface area contributed by atoms with Crippen LogP contribution in [0.25, 0.3) is 6.08 Å². The Labute approximate surface area is 174 Å². The number of carbonyl (C=O) groups excluding carboxylic acids is 1. The average Bonchev–Trinajstić information content (AvgIpc) is 3.08. The molecule has 0 bridgehead atoms. The molecule has 0 atom stereocenters. The van der Waals surface area contributed by atoms with Gasteiger partial charge in [-0.15, -0.1) is 0 Å². The first kappa shape index (κ1) is 19.0. The number of halogens is 1. The van der Waals surface area contributed by atoms with E-state index >= 15 is 0 Å². The third kappa shape index (κ3) is 4.73. The smallest absolute Gasteiger partial charge is 0.363 e. The van der Waals surface area contributed by atoms with Crippen LogP contribution in [0.15, 0.2) is 83.5 Å². The number of hydrogen-bond acceptors (Lipinski definition) is 4. The van der Waals surface area contributed by atoms with Gasteiger partial charge in [0.05, 0.1) is 0 Å². The van der Waals surface area contributed by atoms with E-state index in [9.17, 15) is 4.79 Å². The fourth-order valence-corrected chi connectivity index (χ4v) is 3.13. The molecule has 0 saturated heterocycles. The minimum atomic E-state index is -0.486. The van der Waals surface area contributed by atoms with E-state index in [2.05, 4.69) is 24.0 Å². The lowest BCUT2D eigenvalue weighted by atomic mass is 10.1. The number of rotatable bonds is 5. The van der Waals surface area contributed by atoms with Crippen molar-refractivity contribution in [1.82, 2.24) is 0 Å². The Hall–Kier alpha value is -3.37. The van der Waals surface area contributed by atoms with Crippen molar-refractivity contribution in [3.05, 3.63) is 106 Å². The molecule has 1 aliphatic rings. The van der Waals surface area contributed by atoms with Crippen molar-refractivity contribution in [2.45, 2.75) is 13.5 Å². The normalized spacial score (nSPS) is 14.6. The second-order valence-corrected chi connectivity index (χ2v) is 7.13. The van der Waals surface area contributed by atoms with Crippen molar-refractivity contribution in [3.8, 4) is 5.75 Å². The Morgan fingerprint density at radius 2 is 1.83 bits per heavy atom. The molecule has 0 N–H and O–H groups in total. The fourth-order valence-electron chi connectivity index (χ4n) is 2.94. The van der Waals surface area contributed by atoms with Crippen LogP contribution in [-0.4, -0.2) is 11.9 Å². The molecule has 0 amide bonds. The van der Waals surface area contributed by atoms with Gasteiger partial charge in [0.15, 0.2) is 5.70 Å². The van der Waals surface area contributed by atoms with Crippen LogP contribution in [-0.2, 0) is 16.1 Å². The lowest BCUT2D eigenvalue weighted by Crippen LogP contribution is -2.05. The molecule has 0 radical (unpaired) electrons. The molecule has 144 valence electrons. The highest BCUT2D eigenvalue weighted by Gasteiger charge is 2.24. The molecule has 3 aromatic rings. The number of esters is 1. The quantitative estimate of drug-likeness (QED) is 0.413. The van der Waals surface area contributed by atoms with Crippen LogP contribution in [0.3, 0.4) is 0 Å². The monoisotopic (exact) mass is 403 g/mol. The number of aryl methyl sites for hydroxylation is 1. The molecular formula is C24H18ClNO3. The summed E-state index contributed by atoms with van der Waals surface area (Å²) in [5.74, 6) is 0.521. The highest BCUT2D eigenvalue weighted by Crippen LogP contribution is 2.22. The summed E-state index contributed by atoms with van der Waals surface area (Å²) in [6.07, 6.45) is 1.68. The summed E-state index contributed by atoms with van der Waals surface area (Å²) in [4.78, 5) is 16.4. The first-order chi connectivity index (χ1) is 14.1. The van der Waals surface area contributed by atoms with Gasteiger partial charge in [-0.1, -0.05) is 59.6 Å². The van der Waals surface area contributed by atoms with Crippen LogP contribution in [0.4, 0.5) is 0 Å². The maximum Gasteiger partial charge on any atom is 0.363 e. The highest BCUT2D eigenvalue weighted by molar-refractivity contribution is 6.31. The zero-order valence-electron chi connectivity index (χ0n) is 15.8. The second-order valence-electron chi connectivity index (χ2n) is 6.69. The Morgan fingerprint density at radius 3 is 2.59 bits per heavy atom. The zero-order chi connectivity index (χ0) is 20.2. The van der Waals surface area contributed by atoms with Gasteiger partial charge in [-0.3, -0.25) is 0 Å². The Bertz CT molecular complexity index is 1120. The number of carbonyl (C=O) groups is 1. The SMILES string of the molecule is Cc1cccc(COc2ccc(C=C3N=C(c4cccc(Cl)c4)OC3=O)cc2)c1. The van der Waals surface area contributed by atoms with Crippen molar-refractivity contribution >= 4 is 29.5 Å². The molecule has 0 unspecified atom stereocenters. The van der Waals surface area contributed by atoms with E-state index in [0.29, 0.717) is 17.2 Å². The Kier molecular flexibility index (Phi) is 5.45. The summed E-state index contributed by atoms with van der Waals surface area (Å²) in [5.41, 5.74) is 4.06. The van der Waals surface area contributed by atoms with Crippen molar-refractivity contribution in [1.29, 1.82) is 0 Å². The molecule has 4 rings (SSSR count). The number of cyclic esters (lactones) is 1. The summed E-state index contributed by atoms with van der Waals surface area (Å²) in [6.45, 7) is 2.56. The summed E-state index contributed by atoms with van der Waals surface area (Å²) < 4.78 is 11.1. The van der Waals surface area contributed by atoms with Crippen LogP contribution >= 0.6 is 11.6 Å². The predicted molar refractivity (Wildman–Crippen MR) is 114 cm³/mol. The Morgan fingerprint density at radius 1 is 1.03 bits per heavy atom. The van der Waals surface area contributed by atoms with Crippen LogP contribution in [0, 0.1) is 6.92 Å². The number of hydrogen-bond donors (Lipinski definition) is 0. The topological polar surface area (TPSA) is 47.9 Å². The van der Waals surface area contributed by atoms with E-state index in [4.69, 9.17) is 21.1 Å².